The zero-order chi connectivity index (χ0) is 20.7. The lowest BCUT2D eigenvalue weighted by Gasteiger charge is -2.17. The number of carbonyl (C=O) groups is 2. The first-order chi connectivity index (χ1) is 13.8. The average Bonchev–Trinajstić information content (AvgIpc) is 3.32. The maximum atomic E-state index is 12.5. The zero-order valence-electron chi connectivity index (χ0n) is 16.5. The van der Waals surface area contributed by atoms with Gasteiger partial charge in [0.15, 0.2) is 0 Å². The molecule has 2 amide bonds. The van der Waals surface area contributed by atoms with Gasteiger partial charge in [-0.1, -0.05) is 5.16 Å². The highest BCUT2D eigenvalue weighted by Gasteiger charge is 2.35. The molecule has 4 heterocycles. The van der Waals surface area contributed by atoms with Gasteiger partial charge in [-0.25, -0.2) is 0 Å². The van der Waals surface area contributed by atoms with Crippen molar-refractivity contribution in [2.24, 2.45) is 21.0 Å². The minimum atomic E-state index is -0.575. The lowest BCUT2D eigenvalue weighted by Crippen LogP contribution is -2.35. The van der Waals surface area contributed by atoms with E-state index in [1.54, 1.807) is 20.0 Å². The van der Waals surface area contributed by atoms with Crippen LogP contribution in [0.3, 0.4) is 0 Å². The molecule has 2 aliphatic heterocycles. The second kappa shape index (κ2) is 7.08. The minimum absolute atomic E-state index is 0.0905. The SMILES string of the molecule is Cc1cc(NC(=O)CCc2c(C)noc2C)n(C2=NC(=O)C3C=NN(C)C3=N2)n1. The normalized spacial score (nSPS) is 18.0. The third-order valence-corrected chi connectivity index (χ3v) is 4.76. The molecule has 2 aromatic heterocycles. The van der Waals surface area contributed by atoms with Crippen LogP contribution in [-0.4, -0.2) is 56.8 Å². The van der Waals surface area contributed by atoms with E-state index in [-0.39, 0.29) is 24.2 Å². The molecule has 4 rings (SSSR count). The summed E-state index contributed by atoms with van der Waals surface area (Å²) in [6.45, 7) is 5.44. The summed E-state index contributed by atoms with van der Waals surface area (Å²) in [4.78, 5) is 33.2. The van der Waals surface area contributed by atoms with Gasteiger partial charge in [0.25, 0.3) is 11.9 Å². The van der Waals surface area contributed by atoms with Gasteiger partial charge in [-0.15, -0.1) is 0 Å². The van der Waals surface area contributed by atoms with E-state index in [1.165, 1.54) is 15.9 Å². The number of amides is 2. The van der Waals surface area contributed by atoms with Gasteiger partial charge >= 0.3 is 0 Å². The van der Waals surface area contributed by atoms with Gasteiger partial charge in [0.2, 0.25) is 5.91 Å². The van der Waals surface area contributed by atoms with Crippen LogP contribution in [0.5, 0.6) is 0 Å². The van der Waals surface area contributed by atoms with E-state index in [4.69, 9.17) is 4.52 Å². The Hall–Kier alpha value is -3.63. The molecule has 11 heteroatoms. The summed E-state index contributed by atoms with van der Waals surface area (Å²) >= 11 is 0. The number of hydrazone groups is 1. The van der Waals surface area contributed by atoms with E-state index in [2.05, 4.69) is 30.7 Å². The second-order valence-electron chi connectivity index (χ2n) is 6.92. The summed E-state index contributed by atoms with van der Waals surface area (Å²) in [6, 6.07) is 1.70. The molecule has 0 fully saturated rings. The predicted molar refractivity (Wildman–Crippen MR) is 105 cm³/mol. The number of hydrogen-bond acceptors (Lipinski definition) is 8. The third-order valence-electron chi connectivity index (χ3n) is 4.76. The predicted octanol–water partition coefficient (Wildman–Crippen LogP) is 1.06. The molecule has 150 valence electrons. The van der Waals surface area contributed by atoms with Gasteiger partial charge in [0.05, 0.1) is 11.4 Å². The van der Waals surface area contributed by atoms with E-state index in [1.807, 2.05) is 13.8 Å². The van der Waals surface area contributed by atoms with Crippen LogP contribution in [0.15, 0.2) is 25.7 Å². The number of aromatic nitrogens is 3. The first-order valence-electron chi connectivity index (χ1n) is 9.11. The van der Waals surface area contributed by atoms with Crippen molar-refractivity contribution < 1.29 is 14.1 Å². The van der Waals surface area contributed by atoms with E-state index < -0.39 is 5.92 Å². The number of hydrogen-bond donors (Lipinski definition) is 1. The fourth-order valence-corrected chi connectivity index (χ4v) is 3.24. The van der Waals surface area contributed by atoms with Gasteiger partial charge in [-0.3, -0.25) is 14.6 Å². The summed E-state index contributed by atoms with van der Waals surface area (Å²) in [7, 11) is 1.71. The molecular formula is C18H20N8O3. The smallest absolute Gasteiger partial charge is 0.265 e. The van der Waals surface area contributed by atoms with Crippen molar-refractivity contribution in [1.29, 1.82) is 0 Å². The van der Waals surface area contributed by atoms with E-state index in [0.717, 1.165) is 11.3 Å². The Bertz CT molecular complexity index is 1070. The molecule has 0 saturated carbocycles. The minimum Gasteiger partial charge on any atom is -0.361 e. The lowest BCUT2D eigenvalue weighted by atomic mass is 10.1. The number of carbonyl (C=O) groups excluding carboxylic acids is 2. The number of nitrogens with one attached hydrogen (secondary N) is 1. The van der Waals surface area contributed by atoms with Gasteiger partial charge < -0.3 is 9.84 Å². The molecule has 29 heavy (non-hydrogen) atoms. The summed E-state index contributed by atoms with van der Waals surface area (Å²) in [5.74, 6) is 0.509. The number of fused-ring (bicyclic) bond motifs is 1. The summed E-state index contributed by atoms with van der Waals surface area (Å²) in [6.07, 6.45) is 2.25. The monoisotopic (exact) mass is 396 g/mol. The van der Waals surface area contributed by atoms with Crippen LogP contribution in [0.1, 0.15) is 29.1 Å². The maximum Gasteiger partial charge on any atom is 0.265 e. The van der Waals surface area contributed by atoms with Crippen LogP contribution in [0.25, 0.3) is 0 Å². The average molecular weight is 396 g/mol. The van der Waals surface area contributed by atoms with Gasteiger partial charge in [-0.2, -0.15) is 24.9 Å². The van der Waals surface area contributed by atoms with Gasteiger partial charge in [0, 0.05) is 31.3 Å². The summed E-state index contributed by atoms with van der Waals surface area (Å²) in [5, 5.41) is 16.6. The van der Waals surface area contributed by atoms with E-state index >= 15 is 0 Å². The van der Waals surface area contributed by atoms with Crippen molar-refractivity contribution >= 4 is 35.6 Å². The van der Waals surface area contributed by atoms with Crippen LogP contribution in [0.2, 0.25) is 0 Å². The van der Waals surface area contributed by atoms with Crippen molar-refractivity contribution in [1.82, 2.24) is 19.9 Å². The molecule has 2 aromatic rings. The molecular weight excluding hydrogens is 376 g/mol. The number of nitrogens with zero attached hydrogens (tertiary/aromatic N) is 7. The van der Waals surface area contributed by atoms with Crippen molar-refractivity contribution in [2.75, 3.05) is 12.4 Å². The topological polar surface area (TPSA) is 130 Å². The zero-order valence-corrected chi connectivity index (χ0v) is 16.5. The van der Waals surface area contributed by atoms with Crippen LogP contribution >= 0.6 is 0 Å². The first kappa shape index (κ1) is 18.7. The van der Waals surface area contributed by atoms with Crippen molar-refractivity contribution in [3.05, 3.63) is 28.8 Å². The second-order valence-corrected chi connectivity index (χ2v) is 6.92. The Balaban J connectivity index is 1.52. The highest BCUT2D eigenvalue weighted by atomic mass is 16.5. The summed E-state index contributed by atoms with van der Waals surface area (Å²) < 4.78 is 6.49. The number of rotatable bonds is 4. The Morgan fingerprint density at radius 1 is 1.28 bits per heavy atom. The van der Waals surface area contributed by atoms with Crippen molar-refractivity contribution in [3.63, 3.8) is 0 Å². The number of anilines is 1. The standard InChI is InChI=1S/C18H20N8O3/c1-9-7-14(20-15(27)6-5-12-10(2)24-29-11(12)3)26(23-9)18-21-16-13(17(28)22-18)8-19-25(16)4/h7-8,13H,5-6H2,1-4H3,(H,20,27). The van der Waals surface area contributed by atoms with E-state index in [9.17, 15) is 9.59 Å². The maximum absolute atomic E-state index is 12.5. The molecule has 0 spiro atoms. The van der Waals surface area contributed by atoms with Crippen molar-refractivity contribution in [2.45, 2.75) is 33.6 Å². The quantitative estimate of drug-likeness (QED) is 0.822. The van der Waals surface area contributed by atoms with Crippen LogP contribution < -0.4 is 5.32 Å². The van der Waals surface area contributed by atoms with Crippen LogP contribution in [-0.2, 0) is 16.0 Å². The molecule has 2 aliphatic rings. The fourth-order valence-electron chi connectivity index (χ4n) is 3.24. The Morgan fingerprint density at radius 2 is 2.07 bits per heavy atom. The first-order valence-corrected chi connectivity index (χ1v) is 9.11. The Labute approximate surface area is 166 Å². The molecule has 1 N–H and O–H groups in total. The van der Waals surface area contributed by atoms with Crippen LogP contribution in [0, 0.1) is 26.7 Å². The molecule has 0 aliphatic carbocycles. The Kier molecular flexibility index (Phi) is 4.57. The molecule has 11 nitrogen and oxygen atoms in total. The number of aliphatic imine (C=N–C) groups is 2. The highest BCUT2D eigenvalue weighted by Crippen LogP contribution is 2.20. The molecule has 1 atom stereocenters. The fraction of sp³-hybridized carbons (Fsp3) is 0.389. The largest absolute Gasteiger partial charge is 0.361 e. The molecule has 0 saturated heterocycles. The highest BCUT2D eigenvalue weighted by molar-refractivity contribution is 6.24. The number of aryl methyl sites for hydroxylation is 3. The van der Waals surface area contributed by atoms with Gasteiger partial charge in [0.1, 0.15) is 23.3 Å². The summed E-state index contributed by atoms with van der Waals surface area (Å²) in [5.41, 5.74) is 2.35. The third kappa shape index (κ3) is 3.46. The van der Waals surface area contributed by atoms with Crippen LogP contribution in [0.4, 0.5) is 5.82 Å². The molecule has 0 bridgehead atoms. The van der Waals surface area contributed by atoms with E-state index in [0.29, 0.717) is 29.5 Å². The van der Waals surface area contributed by atoms with Gasteiger partial charge in [-0.05, 0) is 27.2 Å². The molecule has 0 radical (unpaired) electrons. The molecule has 1 unspecified atom stereocenters. The number of amidine groups is 1. The lowest BCUT2D eigenvalue weighted by molar-refractivity contribution is -0.118. The van der Waals surface area contributed by atoms with Crippen molar-refractivity contribution in [3.8, 4) is 0 Å². The Morgan fingerprint density at radius 3 is 2.79 bits per heavy atom. The molecule has 0 aromatic carbocycles.